The molecule has 0 aliphatic rings. The Kier molecular flexibility index (Phi) is 7.75. The van der Waals surface area contributed by atoms with Gasteiger partial charge in [-0.3, -0.25) is 14.9 Å². The SMILES string of the molecule is Cc1cc(Nc2ccc(C(=O)/C=C/c3cccc(Br)n3)cc2)n2nc(SCc3ccccc3[N+](=O)[O-])nc2n1. The van der Waals surface area contributed by atoms with Crippen LogP contribution in [0.15, 0.2) is 88.6 Å². The van der Waals surface area contributed by atoms with Gasteiger partial charge in [0.1, 0.15) is 10.4 Å². The lowest BCUT2D eigenvalue weighted by Gasteiger charge is -2.09. The van der Waals surface area contributed by atoms with Crippen LogP contribution in [0.4, 0.5) is 17.2 Å². The van der Waals surface area contributed by atoms with E-state index in [4.69, 9.17) is 0 Å². The number of rotatable bonds is 9. The molecule has 2 aromatic carbocycles. The quantitative estimate of drug-likeness (QED) is 0.0507. The van der Waals surface area contributed by atoms with Crippen LogP contribution in [0.5, 0.6) is 0 Å². The van der Waals surface area contributed by atoms with Crippen molar-refractivity contribution in [2.24, 2.45) is 0 Å². The summed E-state index contributed by atoms with van der Waals surface area (Å²) in [6.45, 7) is 1.86. The molecule has 12 heteroatoms. The predicted octanol–water partition coefficient (Wildman–Crippen LogP) is 6.43. The molecule has 1 N–H and O–H groups in total. The Morgan fingerprint density at radius 2 is 1.87 bits per heavy atom. The van der Waals surface area contributed by atoms with Crippen molar-refractivity contribution in [1.29, 1.82) is 0 Å². The molecule has 194 valence electrons. The maximum absolute atomic E-state index is 12.6. The zero-order valence-electron chi connectivity index (χ0n) is 20.5. The number of hydrogen-bond acceptors (Lipinski definition) is 9. The molecule has 0 saturated heterocycles. The summed E-state index contributed by atoms with van der Waals surface area (Å²) in [4.78, 5) is 36.7. The number of ketones is 1. The van der Waals surface area contributed by atoms with Crippen LogP contribution < -0.4 is 5.32 Å². The number of anilines is 2. The van der Waals surface area contributed by atoms with Crippen molar-refractivity contribution in [1.82, 2.24) is 24.6 Å². The summed E-state index contributed by atoms with van der Waals surface area (Å²) in [6.07, 6.45) is 3.16. The van der Waals surface area contributed by atoms with E-state index in [1.807, 2.05) is 31.2 Å². The fourth-order valence-electron chi connectivity index (χ4n) is 3.71. The number of aryl methyl sites for hydroxylation is 1. The zero-order chi connectivity index (χ0) is 27.4. The van der Waals surface area contributed by atoms with Gasteiger partial charge in [-0.05, 0) is 71.4 Å². The average Bonchev–Trinajstić information content (AvgIpc) is 3.34. The number of fused-ring (bicyclic) bond motifs is 1. The average molecular weight is 602 g/mol. The van der Waals surface area contributed by atoms with Gasteiger partial charge in [0.15, 0.2) is 5.78 Å². The summed E-state index contributed by atoms with van der Waals surface area (Å²) >= 11 is 4.61. The zero-order valence-corrected chi connectivity index (χ0v) is 22.9. The monoisotopic (exact) mass is 601 g/mol. The maximum atomic E-state index is 12.6. The van der Waals surface area contributed by atoms with Gasteiger partial charge >= 0.3 is 0 Å². The number of nitro benzene ring substituents is 1. The van der Waals surface area contributed by atoms with Crippen LogP contribution in [-0.4, -0.2) is 35.3 Å². The predicted molar refractivity (Wildman–Crippen MR) is 153 cm³/mol. The van der Waals surface area contributed by atoms with Crippen molar-refractivity contribution >= 4 is 62.5 Å². The number of allylic oxidation sites excluding steroid dienone is 1. The third-order valence-electron chi connectivity index (χ3n) is 5.55. The Labute approximate surface area is 235 Å². The first-order chi connectivity index (χ1) is 18.9. The molecule has 3 aromatic heterocycles. The lowest BCUT2D eigenvalue weighted by molar-refractivity contribution is -0.385. The summed E-state index contributed by atoms with van der Waals surface area (Å²) in [5, 5.41) is 19.6. The van der Waals surface area contributed by atoms with E-state index in [0.717, 1.165) is 11.4 Å². The van der Waals surface area contributed by atoms with Gasteiger partial charge in [0, 0.05) is 40.4 Å². The molecule has 0 amide bonds. The Morgan fingerprint density at radius 1 is 1.08 bits per heavy atom. The normalized spacial score (nSPS) is 11.2. The molecule has 39 heavy (non-hydrogen) atoms. The van der Waals surface area contributed by atoms with E-state index in [0.29, 0.717) is 43.9 Å². The Bertz CT molecular complexity index is 1720. The highest BCUT2D eigenvalue weighted by atomic mass is 79.9. The molecule has 10 nitrogen and oxygen atoms in total. The molecular formula is C27H20BrN7O3S. The lowest BCUT2D eigenvalue weighted by Crippen LogP contribution is -2.03. The number of carbonyl (C=O) groups is 1. The van der Waals surface area contributed by atoms with Gasteiger partial charge in [-0.1, -0.05) is 36.0 Å². The molecule has 0 radical (unpaired) electrons. The maximum Gasteiger partial charge on any atom is 0.273 e. The van der Waals surface area contributed by atoms with E-state index in [-0.39, 0.29) is 11.5 Å². The second-order valence-electron chi connectivity index (χ2n) is 8.35. The van der Waals surface area contributed by atoms with E-state index in [1.54, 1.807) is 53.1 Å². The Balaban J connectivity index is 1.31. The van der Waals surface area contributed by atoms with Gasteiger partial charge in [-0.15, -0.1) is 5.10 Å². The van der Waals surface area contributed by atoms with Crippen molar-refractivity contribution in [3.63, 3.8) is 0 Å². The van der Waals surface area contributed by atoms with Gasteiger partial charge in [0.05, 0.1) is 10.6 Å². The molecule has 0 aliphatic carbocycles. The summed E-state index contributed by atoms with van der Waals surface area (Å²) in [5.41, 5.74) is 3.36. The van der Waals surface area contributed by atoms with Crippen molar-refractivity contribution in [3.8, 4) is 0 Å². The molecule has 0 bridgehead atoms. The standard InChI is InChI=1S/C27H20BrN7O3S/c1-17-15-25(31-21-11-9-18(10-12-21)23(36)14-13-20-6-4-8-24(28)30-20)34-26(29-17)32-27(33-34)39-16-19-5-2-3-7-22(19)35(37)38/h2-15,31H,16H2,1H3/b14-13+. The van der Waals surface area contributed by atoms with Crippen LogP contribution in [0, 0.1) is 17.0 Å². The van der Waals surface area contributed by atoms with Crippen LogP contribution in [0.25, 0.3) is 11.9 Å². The van der Waals surface area contributed by atoms with E-state index in [1.165, 1.54) is 23.9 Å². The number of para-hydroxylation sites is 1. The molecule has 0 unspecified atom stereocenters. The Hall–Kier alpha value is -4.42. The van der Waals surface area contributed by atoms with Crippen molar-refractivity contribution in [2.45, 2.75) is 17.8 Å². The summed E-state index contributed by atoms with van der Waals surface area (Å²) in [7, 11) is 0. The minimum atomic E-state index is -0.394. The molecule has 0 saturated carbocycles. The first-order valence-electron chi connectivity index (χ1n) is 11.7. The fourth-order valence-corrected chi connectivity index (χ4v) is 4.88. The molecular weight excluding hydrogens is 582 g/mol. The molecule has 0 atom stereocenters. The van der Waals surface area contributed by atoms with Crippen molar-refractivity contribution < 1.29 is 9.72 Å². The number of hydrogen-bond donors (Lipinski definition) is 1. The molecule has 0 spiro atoms. The van der Waals surface area contributed by atoms with Gasteiger partial charge in [-0.2, -0.15) is 9.50 Å². The number of carbonyl (C=O) groups excluding carboxylic acids is 1. The first kappa shape index (κ1) is 26.2. The smallest absolute Gasteiger partial charge is 0.273 e. The number of nitro groups is 1. The minimum absolute atomic E-state index is 0.0623. The number of pyridine rings is 1. The van der Waals surface area contributed by atoms with E-state index < -0.39 is 4.92 Å². The van der Waals surface area contributed by atoms with Gasteiger partial charge in [0.25, 0.3) is 11.5 Å². The number of thioether (sulfide) groups is 1. The fraction of sp³-hybridized carbons (Fsp3) is 0.0741. The van der Waals surface area contributed by atoms with Crippen LogP contribution in [-0.2, 0) is 5.75 Å². The molecule has 0 aliphatic heterocycles. The van der Waals surface area contributed by atoms with E-state index in [9.17, 15) is 14.9 Å². The second kappa shape index (κ2) is 11.5. The molecule has 5 rings (SSSR count). The summed E-state index contributed by atoms with van der Waals surface area (Å²) < 4.78 is 2.29. The van der Waals surface area contributed by atoms with Crippen LogP contribution >= 0.6 is 27.7 Å². The Morgan fingerprint density at radius 3 is 2.64 bits per heavy atom. The summed E-state index contributed by atoms with van der Waals surface area (Å²) in [6, 6.07) is 21.0. The van der Waals surface area contributed by atoms with Crippen molar-refractivity contribution in [2.75, 3.05) is 5.32 Å². The number of halogens is 1. The van der Waals surface area contributed by atoms with Crippen LogP contribution in [0.2, 0.25) is 0 Å². The van der Waals surface area contributed by atoms with Gasteiger partial charge in [-0.25, -0.2) is 9.97 Å². The number of nitrogens with zero attached hydrogens (tertiary/aromatic N) is 6. The van der Waals surface area contributed by atoms with E-state index >= 15 is 0 Å². The molecule has 5 aromatic rings. The van der Waals surface area contributed by atoms with Crippen molar-refractivity contribution in [3.05, 3.63) is 116 Å². The molecule has 3 heterocycles. The third kappa shape index (κ3) is 6.36. The highest BCUT2D eigenvalue weighted by molar-refractivity contribution is 9.10. The number of benzene rings is 2. The highest BCUT2D eigenvalue weighted by Crippen LogP contribution is 2.27. The summed E-state index contributed by atoms with van der Waals surface area (Å²) in [5.74, 6) is 1.25. The first-order valence-corrected chi connectivity index (χ1v) is 13.5. The van der Waals surface area contributed by atoms with E-state index in [2.05, 4.69) is 41.3 Å². The number of aromatic nitrogens is 5. The van der Waals surface area contributed by atoms with Crippen LogP contribution in [0.1, 0.15) is 27.3 Å². The van der Waals surface area contributed by atoms with Gasteiger partial charge < -0.3 is 5.32 Å². The topological polar surface area (TPSA) is 128 Å². The number of nitrogens with one attached hydrogen (secondary N) is 1. The highest BCUT2D eigenvalue weighted by Gasteiger charge is 2.15. The van der Waals surface area contributed by atoms with Gasteiger partial charge in [0.2, 0.25) is 5.16 Å². The second-order valence-corrected chi connectivity index (χ2v) is 10.1. The third-order valence-corrected chi connectivity index (χ3v) is 6.88. The largest absolute Gasteiger partial charge is 0.340 e. The molecule has 0 fully saturated rings. The van der Waals surface area contributed by atoms with Crippen LogP contribution in [0.3, 0.4) is 0 Å². The minimum Gasteiger partial charge on any atom is -0.340 e. The lowest BCUT2D eigenvalue weighted by atomic mass is 10.1.